The van der Waals surface area contributed by atoms with Gasteiger partial charge < -0.3 is 68.6 Å². The standard InChI is InChI=1S/C69H105N7O20S/c1-52(95-65(84)33-16-8-22-38-78)50-76(51-53(2)96-66(85)34-17-9-23-39-79)36-46-97(86,87)60-48-58(88-4)57(47-59(60)89-5)74-75-67-54(3)56(49-70)68(73-69(67)72-55-27-13-6-14-28-55)71-35-43-90-44-45-94-64(83)32-20-12-26-42-93-63(82)31-19-11-25-41-92-62(81)30-18-10-24-40-91-61(80)29-15-7-21-37-77/h6,13-14,27-28,47-48,52-53,77-79H,7-12,15-26,29-46,50-51H2,1-5H3,(H2,71,72,73). The summed E-state index contributed by atoms with van der Waals surface area (Å²) in [6.45, 7) is 6.81. The third-order valence-electron chi connectivity index (χ3n) is 15.0. The van der Waals surface area contributed by atoms with Crippen molar-refractivity contribution >= 4 is 74.4 Å². The maximum absolute atomic E-state index is 14.3. The number of esters is 6. The molecule has 1 heterocycles. The van der Waals surface area contributed by atoms with Crippen LogP contribution in [0, 0.1) is 18.3 Å². The zero-order chi connectivity index (χ0) is 70.9. The van der Waals surface area contributed by atoms with Crippen LogP contribution in [0.4, 0.5) is 28.7 Å². The van der Waals surface area contributed by atoms with Crippen molar-refractivity contribution in [1.29, 1.82) is 5.26 Å². The number of unbranched alkanes of at least 4 members (excludes halogenated alkanes) is 12. The Bertz CT molecular complexity index is 2950. The maximum atomic E-state index is 14.3. The topological polar surface area (TPSA) is 369 Å². The van der Waals surface area contributed by atoms with E-state index in [2.05, 4.69) is 26.9 Å². The van der Waals surface area contributed by atoms with Crippen LogP contribution in [0.1, 0.15) is 179 Å². The first kappa shape index (κ1) is 83.7. The molecule has 0 bridgehead atoms. The van der Waals surface area contributed by atoms with E-state index >= 15 is 0 Å². The van der Waals surface area contributed by atoms with Crippen molar-refractivity contribution < 1.29 is 95.1 Å². The van der Waals surface area contributed by atoms with Gasteiger partial charge in [-0.15, -0.1) is 10.2 Å². The second kappa shape index (κ2) is 50.7. The van der Waals surface area contributed by atoms with E-state index in [1.54, 1.807) is 25.7 Å². The van der Waals surface area contributed by atoms with Crippen molar-refractivity contribution in [1.82, 2.24) is 9.88 Å². The van der Waals surface area contributed by atoms with Crippen LogP contribution in [0.15, 0.2) is 57.6 Å². The Morgan fingerprint density at radius 3 is 1.47 bits per heavy atom. The number of ether oxygens (including phenoxy) is 9. The Balaban J connectivity index is 1.51. The van der Waals surface area contributed by atoms with E-state index < -0.39 is 39.7 Å². The predicted molar refractivity (Wildman–Crippen MR) is 362 cm³/mol. The highest BCUT2D eigenvalue weighted by molar-refractivity contribution is 7.91. The van der Waals surface area contributed by atoms with Crippen LogP contribution in [-0.4, -0.2) is 187 Å². The number of carbonyl (C=O) groups excluding carboxylic acids is 6. The normalized spacial score (nSPS) is 12.0. The van der Waals surface area contributed by atoms with E-state index in [9.17, 15) is 42.4 Å². The second-order valence-corrected chi connectivity index (χ2v) is 25.3. The first-order valence-corrected chi connectivity index (χ1v) is 35.6. The fraction of sp³-hybridized carbons (Fsp3) is 0.652. The number of aliphatic hydroxyl groups excluding tert-OH is 3. The zero-order valence-electron chi connectivity index (χ0n) is 57.5. The number of sulfone groups is 1. The van der Waals surface area contributed by atoms with Gasteiger partial charge in [0.2, 0.25) is 0 Å². The number of rotatable bonds is 56. The number of azo groups is 1. The lowest BCUT2D eigenvalue weighted by Crippen LogP contribution is -2.41. The number of nitrogens with zero attached hydrogens (tertiary/aromatic N) is 5. The van der Waals surface area contributed by atoms with E-state index in [4.69, 9.17) is 62.9 Å². The zero-order valence-corrected chi connectivity index (χ0v) is 58.3. The summed E-state index contributed by atoms with van der Waals surface area (Å²) in [4.78, 5) is 79.9. The molecule has 542 valence electrons. The number of aliphatic hydroxyl groups is 3. The van der Waals surface area contributed by atoms with E-state index in [1.165, 1.54) is 26.4 Å². The maximum Gasteiger partial charge on any atom is 0.306 e. The molecular formula is C69H105N7O20S. The number of pyridine rings is 1. The van der Waals surface area contributed by atoms with Gasteiger partial charge in [-0.25, -0.2) is 13.4 Å². The van der Waals surface area contributed by atoms with Crippen LogP contribution in [0.5, 0.6) is 11.5 Å². The predicted octanol–water partition coefficient (Wildman–Crippen LogP) is 10.3. The number of carbonyl (C=O) groups is 6. The molecule has 0 aliphatic rings. The average molecular weight is 1380 g/mol. The molecule has 0 aliphatic heterocycles. The van der Waals surface area contributed by atoms with Crippen LogP contribution >= 0.6 is 0 Å². The Morgan fingerprint density at radius 2 is 1.02 bits per heavy atom. The van der Waals surface area contributed by atoms with Crippen LogP contribution in [0.3, 0.4) is 0 Å². The largest absolute Gasteiger partial charge is 0.495 e. The molecule has 0 aliphatic carbocycles. The fourth-order valence-corrected chi connectivity index (χ4v) is 11.3. The van der Waals surface area contributed by atoms with Gasteiger partial charge in [0.1, 0.15) is 58.5 Å². The highest BCUT2D eigenvalue weighted by Crippen LogP contribution is 2.41. The van der Waals surface area contributed by atoms with Gasteiger partial charge in [0.15, 0.2) is 15.7 Å². The highest BCUT2D eigenvalue weighted by Gasteiger charge is 2.27. The van der Waals surface area contributed by atoms with E-state index in [0.717, 1.165) is 12.8 Å². The molecule has 5 N–H and O–H groups in total. The lowest BCUT2D eigenvalue weighted by atomic mass is 10.1. The van der Waals surface area contributed by atoms with Gasteiger partial charge in [-0.3, -0.25) is 33.7 Å². The van der Waals surface area contributed by atoms with Crippen molar-refractivity contribution in [2.75, 3.05) is 116 Å². The van der Waals surface area contributed by atoms with Gasteiger partial charge >= 0.3 is 35.8 Å². The molecule has 0 fully saturated rings. The molecule has 0 amide bonds. The number of nitriles is 1. The summed E-state index contributed by atoms with van der Waals surface area (Å²) in [7, 11) is -1.50. The smallest absolute Gasteiger partial charge is 0.306 e. The molecule has 0 radical (unpaired) electrons. The monoisotopic (exact) mass is 1380 g/mol. The number of methoxy groups -OCH3 is 2. The van der Waals surface area contributed by atoms with E-state index in [1.807, 2.05) is 30.3 Å². The minimum atomic E-state index is -4.16. The lowest BCUT2D eigenvalue weighted by molar-refractivity contribution is -0.151. The van der Waals surface area contributed by atoms with Gasteiger partial charge in [-0.05, 0) is 129 Å². The first-order valence-electron chi connectivity index (χ1n) is 33.9. The SMILES string of the molecule is COc1cc(S(=O)(=O)CCN(CC(C)OC(=O)CCCCCO)CC(C)OC(=O)CCCCCO)c(OC)cc1N=Nc1c(Nc2ccccc2)nc(NCCOCCOC(=O)CCCCCOC(=O)CCCCCOC(=O)CCCCCOC(=O)CCCCCO)c(C#N)c1C. The molecule has 97 heavy (non-hydrogen) atoms. The minimum Gasteiger partial charge on any atom is -0.495 e. The molecule has 0 spiro atoms. The molecule has 3 aromatic rings. The second-order valence-electron chi connectivity index (χ2n) is 23.3. The summed E-state index contributed by atoms with van der Waals surface area (Å²) in [5, 5.41) is 52.9. The molecule has 2 unspecified atom stereocenters. The molecule has 3 rings (SSSR count). The summed E-state index contributed by atoms with van der Waals surface area (Å²) in [6.07, 6.45) is 11.6. The van der Waals surface area contributed by atoms with Gasteiger partial charge in [-0.2, -0.15) is 5.26 Å². The summed E-state index contributed by atoms with van der Waals surface area (Å²) in [5.41, 5.74) is 1.49. The summed E-state index contributed by atoms with van der Waals surface area (Å²) in [5.74, 6) is -2.06. The molecule has 1 aromatic heterocycles. The molecule has 2 aromatic carbocycles. The number of benzene rings is 2. The number of anilines is 3. The Hall–Kier alpha value is -7.55. The van der Waals surface area contributed by atoms with Gasteiger partial charge in [0.05, 0.1) is 58.6 Å². The third-order valence-corrected chi connectivity index (χ3v) is 16.7. The Kier molecular flexibility index (Phi) is 43.8. The highest BCUT2D eigenvalue weighted by atomic mass is 32.2. The van der Waals surface area contributed by atoms with E-state index in [-0.39, 0.29) is 174 Å². The van der Waals surface area contributed by atoms with Crippen molar-refractivity contribution in [3.05, 3.63) is 53.6 Å². The van der Waals surface area contributed by atoms with Gasteiger partial charge in [-0.1, -0.05) is 37.5 Å². The van der Waals surface area contributed by atoms with Crippen LogP contribution in [0.2, 0.25) is 0 Å². The molecule has 0 saturated heterocycles. The van der Waals surface area contributed by atoms with E-state index in [0.29, 0.717) is 133 Å². The number of hydrogen-bond donors (Lipinski definition) is 5. The number of hydrogen-bond acceptors (Lipinski definition) is 27. The van der Waals surface area contributed by atoms with Crippen LogP contribution in [0.25, 0.3) is 0 Å². The number of para-hydroxylation sites is 1. The van der Waals surface area contributed by atoms with Crippen molar-refractivity contribution in [2.45, 2.75) is 192 Å². The third kappa shape index (κ3) is 36.6. The Morgan fingerprint density at radius 1 is 0.567 bits per heavy atom. The lowest BCUT2D eigenvalue weighted by Gasteiger charge is -2.28. The van der Waals surface area contributed by atoms with Crippen molar-refractivity contribution in [3.63, 3.8) is 0 Å². The van der Waals surface area contributed by atoms with Crippen LogP contribution in [-0.2, 0) is 71.8 Å². The summed E-state index contributed by atoms with van der Waals surface area (Å²) in [6, 6.07) is 14.0. The summed E-state index contributed by atoms with van der Waals surface area (Å²) < 4.78 is 78.1. The summed E-state index contributed by atoms with van der Waals surface area (Å²) >= 11 is 0. The average Bonchev–Trinajstić information content (AvgIpc) is 0.822. The van der Waals surface area contributed by atoms with Gasteiger partial charge in [0, 0.05) is 108 Å². The number of nitrogens with one attached hydrogen (secondary N) is 2. The van der Waals surface area contributed by atoms with Crippen molar-refractivity contribution in [2.24, 2.45) is 10.2 Å². The number of aromatic nitrogens is 1. The van der Waals surface area contributed by atoms with Crippen molar-refractivity contribution in [3.8, 4) is 17.6 Å². The van der Waals surface area contributed by atoms with Crippen LogP contribution < -0.4 is 20.1 Å². The first-order chi connectivity index (χ1) is 46.9. The minimum absolute atomic E-state index is 0.0247. The molecule has 28 heteroatoms. The molecular weight excluding hydrogens is 1280 g/mol. The molecule has 2 atom stereocenters. The molecule has 0 saturated carbocycles. The quantitative estimate of drug-likeness (QED) is 0.0152. The Labute approximate surface area is 571 Å². The molecule has 27 nitrogen and oxygen atoms in total. The fourth-order valence-electron chi connectivity index (χ4n) is 9.81. The van der Waals surface area contributed by atoms with Gasteiger partial charge in [0.25, 0.3) is 0 Å².